The van der Waals surface area contributed by atoms with Crippen LogP contribution in [0.25, 0.3) is 0 Å². The van der Waals surface area contributed by atoms with Crippen molar-refractivity contribution < 1.29 is 4.79 Å². The molecule has 1 aliphatic carbocycles. The maximum Gasteiger partial charge on any atom is 0.263 e. The van der Waals surface area contributed by atoms with Gasteiger partial charge in [0.2, 0.25) is 0 Å². The fraction of sp³-hybridized carbons (Fsp3) is 0.667. The molecule has 1 heterocycles. The second kappa shape index (κ2) is 6.50. The van der Waals surface area contributed by atoms with Crippen LogP contribution >= 0.6 is 23.7 Å². The van der Waals surface area contributed by atoms with E-state index in [9.17, 15) is 4.79 Å². The van der Waals surface area contributed by atoms with Crippen LogP contribution in [0.5, 0.6) is 0 Å². The van der Waals surface area contributed by atoms with Gasteiger partial charge in [0.15, 0.2) is 0 Å². The Morgan fingerprint density at radius 1 is 1.39 bits per heavy atom. The number of aromatic nitrogens is 1. The third kappa shape index (κ3) is 3.43. The van der Waals surface area contributed by atoms with Crippen molar-refractivity contribution >= 4 is 29.7 Å². The van der Waals surface area contributed by atoms with E-state index in [0.717, 1.165) is 34.8 Å². The standard InChI is InChI=1S/C12H19N3OS.ClH/c1-7-11(17-8(2)14-7)12(16)15-10-6-4-3-5-9(10)13;/h9-10H,3-6,13H2,1-2H3,(H,15,16);1H/t9-,10-;/m1./s1. The van der Waals surface area contributed by atoms with Gasteiger partial charge in [0.05, 0.1) is 10.7 Å². The normalized spacial score (nSPS) is 23.3. The molecule has 0 aliphatic heterocycles. The smallest absolute Gasteiger partial charge is 0.263 e. The molecule has 0 radical (unpaired) electrons. The number of carbonyl (C=O) groups excluding carboxylic acids is 1. The molecule has 1 aromatic rings. The Kier molecular flexibility index (Phi) is 5.56. The highest BCUT2D eigenvalue weighted by Gasteiger charge is 2.25. The molecule has 6 heteroatoms. The first-order chi connectivity index (χ1) is 8.08. The highest BCUT2D eigenvalue weighted by Crippen LogP contribution is 2.20. The minimum Gasteiger partial charge on any atom is -0.347 e. The Hall–Kier alpha value is -0.650. The molecular formula is C12H20ClN3OS. The molecule has 0 unspecified atom stereocenters. The maximum absolute atomic E-state index is 12.1. The zero-order chi connectivity index (χ0) is 12.4. The largest absolute Gasteiger partial charge is 0.347 e. The lowest BCUT2D eigenvalue weighted by molar-refractivity contribution is 0.0924. The van der Waals surface area contributed by atoms with Crippen LogP contribution in [0.1, 0.15) is 46.1 Å². The number of rotatable bonds is 2. The molecule has 1 aromatic heterocycles. The summed E-state index contributed by atoms with van der Waals surface area (Å²) in [6.07, 6.45) is 4.32. The predicted octanol–water partition coefficient (Wildman–Crippen LogP) is 2.18. The van der Waals surface area contributed by atoms with E-state index in [1.807, 2.05) is 13.8 Å². The summed E-state index contributed by atoms with van der Waals surface area (Å²) in [6, 6.07) is 0.222. The van der Waals surface area contributed by atoms with Gasteiger partial charge in [0.25, 0.3) is 5.91 Å². The van der Waals surface area contributed by atoms with Crippen LogP contribution in [-0.2, 0) is 0 Å². The summed E-state index contributed by atoms with van der Waals surface area (Å²) in [4.78, 5) is 17.1. The molecule has 2 atom stereocenters. The Balaban J connectivity index is 0.00000162. The minimum atomic E-state index is -0.0181. The molecule has 1 aliphatic rings. The second-order valence-corrected chi connectivity index (χ2v) is 5.88. The lowest BCUT2D eigenvalue weighted by Gasteiger charge is -2.29. The van der Waals surface area contributed by atoms with Gasteiger partial charge in [-0.25, -0.2) is 4.98 Å². The van der Waals surface area contributed by atoms with Gasteiger partial charge in [0.1, 0.15) is 4.88 Å². The zero-order valence-corrected chi connectivity index (χ0v) is 12.4. The first kappa shape index (κ1) is 15.4. The Labute approximate surface area is 118 Å². The second-order valence-electron chi connectivity index (χ2n) is 4.68. The van der Waals surface area contributed by atoms with Gasteiger partial charge in [-0.2, -0.15) is 0 Å². The molecule has 1 fully saturated rings. The molecule has 18 heavy (non-hydrogen) atoms. The summed E-state index contributed by atoms with van der Waals surface area (Å²) in [5.74, 6) is -0.0181. The van der Waals surface area contributed by atoms with E-state index in [0.29, 0.717) is 0 Å². The Bertz CT molecular complexity index is 421. The number of hydrogen-bond donors (Lipinski definition) is 2. The monoisotopic (exact) mass is 289 g/mol. The highest BCUT2D eigenvalue weighted by molar-refractivity contribution is 7.13. The quantitative estimate of drug-likeness (QED) is 0.877. The van der Waals surface area contributed by atoms with Crippen molar-refractivity contribution in [2.45, 2.75) is 51.6 Å². The van der Waals surface area contributed by atoms with Gasteiger partial charge in [-0.3, -0.25) is 4.79 Å². The van der Waals surface area contributed by atoms with Crippen LogP contribution in [0, 0.1) is 13.8 Å². The van der Waals surface area contributed by atoms with E-state index in [1.54, 1.807) is 0 Å². The van der Waals surface area contributed by atoms with Crippen molar-refractivity contribution in [1.82, 2.24) is 10.3 Å². The lowest BCUT2D eigenvalue weighted by Crippen LogP contribution is -2.49. The number of amides is 1. The molecule has 0 aromatic carbocycles. The zero-order valence-electron chi connectivity index (χ0n) is 10.7. The summed E-state index contributed by atoms with van der Waals surface area (Å²) < 4.78 is 0. The average molecular weight is 290 g/mol. The van der Waals surface area contributed by atoms with Crippen molar-refractivity contribution in [3.8, 4) is 0 Å². The molecule has 0 spiro atoms. The molecule has 0 saturated heterocycles. The lowest BCUT2D eigenvalue weighted by atomic mass is 9.91. The molecule has 1 amide bonds. The van der Waals surface area contributed by atoms with Crippen molar-refractivity contribution in [1.29, 1.82) is 0 Å². The van der Waals surface area contributed by atoms with Gasteiger partial charge in [-0.1, -0.05) is 12.8 Å². The van der Waals surface area contributed by atoms with Crippen molar-refractivity contribution in [3.63, 3.8) is 0 Å². The first-order valence-electron chi connectivity index (χ1n) is 6.08. The summed E-state index contributed by atoms with van der Waals surface area (Å²) in [5.41, 5.74) is 6.84. The van der Waals surface area contributed by atoms with Crippen LogP contribution in [0.15, 0.2) is 0 Å². The number of hydrogen-bond acceptors (Lipinski definition) is 4. The van der Waals surface area contributed by atoms with Gasteiger partial charge in [-0.15, -0.1) is 23.7 Å². The van der Waals surface area contributed by atoms with Crippen LogP contribution in [0.2, 0.25) is 0 Å². The SMILES string of the molecule is Cc1nc(C)c(C(=O)N[C@@H]2CCCC[C@H]2N)s1.Cl. The number of carbonyl (C=O) groups is 1. The van der Waals surface area contributed by atoms with E-state index >= 15 is 0 Å². The third-order valence-electron chi connectivity index (χ3n) is 3.25. The molecule has 2 rings (SSSR count). The predicted molar refractivity (Wildman–Crippen MR) is 76.5 cm³/mol. The fourth-order valence-corrected chi connectivity index (χ4v) is 3.14. The molecule has 4 nitrogen and oxygen atoms in total. The number of nitrogens with one attached hydrogen (secondary N) is 1. The van der Waals surface area contributed by atoms with Crippen LogP contribution in [0.3, 0.4) is 0 Å². The van der Waals surface area contributed by atoms with E-state index < -0.39 is 0 Å². The highest BCUT2D eigenvalue weighted by atomic mass is 35.5. The maximum atomic E-state index is 12.1. The van der Waals surface area contributed by atoms with Gasteiger partial charge >= 0.3 is 0 Å². The summed E-state index contributed by atoms with van der Waals surface area (Å²) in [7, 11) is 0. The van der Waals surface area contributed by atoms with Gasteiger partial charge in [0, 0.05) is 12.1 Å². The number of nitrogens with zero attached hydrogens (tertiary/aromatic N) is 1. The molecule has 102 valence electrons. The molecular weight excluding hydrogens is 270 g/mol. The van der Waals surface area contributed by atoms with Crippen LogP contribution in [-0.4, -0.2) is 23.0 Å². The van der Waals surface area contributed by atoms with Crippen molar-refractivity contribution in [3.05, 3.63) is 15.6 Å². The Morgan fingerprint density at radius 3 is 2.61 bits per heavy atom. The van der Waals surface area contributed by atoms with E-state index in [4.69, 9.17) is 5.73 Å². The minimum absolute atomic E-state index is 0. The Morgan fingerprint density at radius 2 is 2.06 bits per heavy atom. The number of aryl methyl sites for hydroxylation is 2. The van der Waals surface area contributed by atoms with Gasteiger partial charge in [-0.05, 0) is 26.7 Å². The van der Waals surface area contributed by atoms with Crippen LogP contribution in [0.4, 0.5) is 0 Å². The third-order valence-corrected chi connectivity index (χ3v) is 4.32. The summed E-state index contributed by atoms with van der Waals surface area (Å²) in [6.45, 7) is 3.79. The van der Waals surface area contributed by atoms with Crippen molar-refractivity contribution in [2.75, 3.05) is 0 Å². The van der Waals surface area contributed by atoms with E-state index in [-0.39, 0.29) is 30.4 Å². The van der Waals surface area contributed by atoms with Crippen LogP contribution < -0.4 is 11.1 Å². The van der Waals surface area contributed by atoms with E-state index in [2.05, 4.69) is 10.3 Å². The fourth-order valence-electron chi connectivity index (χ4n) is 2.31. The molecule has 3 N–H and O–H groups in total. The average Bonchev–Trinajstić information content (AvgIpc) is 2.61. The van der Waals surface area contributed by atoms with E-state index in [1.165, 1.54) is 17.8 Å². The summed E-state index contributed by atoms with van der Waals surface area (Å²) >= 11 is 1.45. The summed E-state index contributed by atoms with van der Waals surface area (Å²) in [5, 5.41) is 3.98. The van der Waals surface area contributed by atoms with Crippen molar-refractivity contribution in [2.24, 2.45) is 5.73 Å². The number of thiazole rings is 1. The molecule has 0 bridgehead atoms. The molecule has 1 saturated carbocycles. The number of nitrogens with two attached hydrogens (primary N) is 1. The number of halogens is 1. The first-order valence-corrected chi connectivity index (χ1v) is 6.90. The van der Waals surface area contributed by atoms with Gasteiger partial charge < -0.3 is 11.1 Å². The topological polar surface area (TPSA) is 68.0 Å².